The Bertz CT molecular complexity index is 676. The Kier molecular flexibility index (Phi) is 7.48. The highest BCUT2D eigenvalue weighted by Crippen LogP contribution is 2.19. The van der Waals surface area contributed by atoms with E-state index in [1.807, 2.05) is 43.0 Å². The topological polar surface area (TPSA) is 109 Å². The molecule has 0 saturated carbocycles. The van der Waals surface area contributed by atoms with Crippen molar-refractivity contribution < 1.29 is 9.53 Å². The van der Waals surface area contributed by atoms with Crippen LogP contribution in [-0.4, -0.2) is 67.5 Å². The van der Waals surface area contributed by atoms with Gasteiger partial charge in [-0.15, -0.1) is 0 Å². The Labute approximate surface area is 160 Å². The molecule has 0 aliphatic carbocycles. The Morgan fingerprint density at radius 1 is 1.26 bits per heavy atom. The number of nitrogens with two attached hydrogens (primary N) is 2. The van der Waals surface area contributed by atoms with Gasteiger partial charge >= 0.3 is 0 Å². The molecule has 1 saturated heterocycles. The van der Waals surface area contributed by atoms with Gasteiger partial charge in [-0.2, -0.15) is 0 Å². The fraction of sp³-hybridized carbons (Fsp3) is 0.474. The van der Waals surface area contributed by atoms with Crippen LogP contribution < -0.4 is 21.5 Å². The predicted molar refractivity (Wildman–Crippen MR) is 108 cm³/mol. The van der Waals surface area contributed by atoms with Gasteiger partial charge in [0.2, 0.25) is 5.91 Å². The molecular formula is C19H30N6O2. The molecular weight excluding hydrogens is 344 g/mol. The summed E-state index contributed by atoms with van der Waals surface area (Å²) in [5.74, 6) is 1.24. The van der Waals surface area contributed by atoms with E-state index in [2.05, 4.69) is 15.2 Å². The maximum atomic E-state index is 11.9. The van der Waals surface area contributed by atoms with Crippen LogP contribution >= 0.6 is 0 Å². The fourth-order valence-electron chi connectivity index (χ4n) is 2.86. The minimum atomic E-state index is 0.0490. The monoisotopic (exact) mass is 374 g/mol. The Balaban J connectivity index is 1.93. The van der Waals surface area contributed by atoms with Crippen LogP contribution in [0.3, 0.4) is 0 Å². The van der Waals surface area contributed by atoms with Crippen LogP contribution in [0.2, 0.25) is 0 Å². The molecule has 1 aromatic rings. The Morgan fingerprint density at radius 3 is 2.41 bits per heavy atom. The number of piperazine rings is 1. The lowest BCUT2D eigenvalue weighted by atomic mass is 10.1. The minimum absolute atomic E-state index is 0.0490. The number of aliphatic imine (C=N–C) groups is 1. The second kappa shape index (κ2) is 9.82. The van der Waals surface area contributed by atoms with Gasteiger partial charge in [-0.05, 0) is 38.1 Å². The van der Waals surface area contributed by atoms with Gasteiger partial charge in [0.05, 0.1) is 19.4 Å². The van der Waals surface area contributed by atoms with Crippen LogP contribution in [0.15, 0.2) is 35.5 Å². The SMILES string of the molecule is COc1ccc(/C(=C/N)N=C(N)N2CCN(CC(=O)NC(C)C)CC2)cc1. The zero-order valence-corrected chi connectivity index (χ0v) is 16.3. The van der Waals surface area contributed by atoms with Crippen molar-refractivity contribution >= 4 is 17.6 Å². The van der Waals surface area contributed by atoms with Gasteiger partial charge in [-0.3, -0.25) is 9.69 Å². The second-order valence-corrected chi connectivity index (χ2v) is 6.74. The maximum Gasteiger partial charge on any atom is 0.234 e. The Hall–Kier alpha value is -2.74. The van der Waals surface area contributed by atoms with E-state index in [4.69, 9.17) is 16.2 Å². The van der Waals surface area contributed by atoms with Gasteiger partial charge in [0.1, 0.15) is 5.75 Å². The zero-order chi connectivity index (χ0) is 19.8. The first-order valence-corrected chi connectivity index (χ1v) is 9.10. The average molecular weight is 374 g/mol. The number of carbonyl (C=O) groups is 1. The molecule has 0 bridgehead atoms. The molecule has 8 heteroatoms. The van der Waals surface area contributed by atoms with Crippen LogP contribution in [0.4, 0.5) is 0 Å². The number of hydrogen-bond donors (Lipinski definition) is 3. The standard InChI is InChI=1S/C19H30N6O2/c1-14(2)22-18(26)13-24-8-10-25(11-9-24)19(21)23-17(12-20)15-4-6-16(27-3)7-5-15/h4-7,12,14H,8-11,13,20H2,1-3H3,(H2,21,23)(H,22,26)/b17-12-. The molecule has 27 heavy (non-hydrogen) atoms. The van der Waals surface area contributed by atoms with Crippen LogP contribution in [0.5, 0.6) is 5.75 Å². The number of rotatable bonds is 6. The average Bonchev–Trinajstić information content (AvgIpc) is 2.66. The quantitative estimate of drug-likeness (QED) is 0.491. The molecule has 1 aliphatic heterocycles. The fourth-order valence-corrected chi connectivity index (χ4v) is 2.86. The smallest absolute Gasteiger partial charge is 0.234 e. The van der Waals surface area contributed by atoms with E-state index >= 15 is 0 Å². The van der Waals surface area contributed by atoms with Crippen molar-refractivity contribution in [2.75, 3.05) is 39.8 Å². The number of ether oxygens (including phenoxy) is 1. The summed E-state index contributed by atoms with van der Waals surface area (Å²) in [7, 11) is 1.62. The summed E-state index contributed by atoms with van der Waals surface area (Å²) in [6.07, 6.45) is 1.45. The summed E-state index contributed by atoms with van der Waals surface area (Å²) in [6.45, 7) is 7.26. The summed E-state index contributed by atoms with van der Waals surface area (Å²) >= 11 is 0. The molecule has 0 unspecified atom stereocenters. The van der Waals surface area contributed by atoms with Crippen LogP contribution in [0.1, 0.15) is 19.4 Å². The van der Waals surface area contributed by atoms with Crippen molar-refractivity contribution in [3.8, 4) is 5.75 Å². The molecule has 0 atom stereocenters. The molecule has 0 spiro atoms. The predicted octanol–water partition coefficient (Wildman–Crippen LogP) is 0.409. The molecule has 0 radical (unpaired) electrons. The van der Waals surface area contributed by atoms with Crippen molar-refractivity contribution in [1.82, 2.24) is 15.1 Å². The highest BCUT2D eigenvalue weighted by molar-refractivity contribution is 5.85. The van der Waals surface area contributed by atoms with E-state index in [9.17, 15) is 4.79 Å². The number of hydrogen-bond acceptors (Lipinski definition) is 5. The lowest BCUT2D eigenvalue weighted by Gasteiger charge is -2.35. The molecule has 1 aromatic carbocycles. The molecule has 2 rings (SSSR count). The van der Waals surface area contributed by atoms with Crippen molar-refractivity contribution in [2.24, 2.45) is 16.5 Å². The van der Waals surface area contributed by atoms with Crippen LogP contribution in [-0.2, 0) is 4.79 Å². The molecule has 5 N–H and O–H groups in total. The van der Waals surface area contributed by atoms with Gasteiger partial charge < -0.3 is 26.4 Å². The van der Waals surface area contributed by atoms with E-state index in [-0.39, 0.29) is 11.9 Å². The van der Waals surface area contributed by atoms with Gasteiger partial charge in [0.25, 0.3) is 0 Å². The third-order valence-electron chi connectivity index (χ3n) is 4.29. The third kappa shape index (κ3) is 6.18. The summed E-state index contributed by atoms with van der Waals surface area (Å²) in [5, 5.41) is 2.91. The van der Waals surface area contributed by atoms with E-state index in [1.54, 1.807) is 7.11 Å². The number of benzene rings is 1. The number of methoxy groups -OCH3 is 1. The van der Waals surface area contributed by atoms with E-state index in [0.29, 0.717) is 31.3 Å². The van der Waals surface area contributed by atoms with Gasteiger partial charge in [-0.1, -0.05) is 0 Å². The summed E-state index contributed by atoms with van der Waals surface area (Å²) in [5.41, 5.74) is 13.4. The molecule has 1 aliphatic rings. The summed E-state index contributed by atoms with van der Waals surface area (Å²) < 4.78 is 5.16. The van der Waals surface area contributed by atoms with Crippen LogP contribution in [0, 0.1) is 0 Å². The van der Waals surface area contributed by atoms with Gasteiger partial charge in [0, 0.05) is 44.0 Å². The largest absolute Gasteiger partial charge is 0.497 e. The molecule has 1 heterocycles. The molecule has 8 nitrogen and oxygen atoms in total. The zero-order valence-electron chi connectivity index (χ0n) is 16.3. The molecule has 148 valence electrons. The number of carbonyl (C=O) groups excluding carboxylic acids is 1. The molecule has 1 amide bonds. The van der Waals surface area contributed by atoms with Crippen molar-refractivity contribution in [1.29, 1.82) is 0 Å². The van der Waals surface area contributed by atoms with E-state index < -0.39 is 0 Å². The Morgan fingerprint density at radius 2 is 1.89 bits per heavy atom. The molecule has 1 fully saturated rings. The normalized spacial score (nSPS) is 16.5. The first-order valence-electron chi connectivity index (χ1n) is 9.10. The maximum absolute atomic E-state index is 11.9. The van der Waals surface area contributed by atoms with Crippen molar-refractivity contribution in [3.05, 3.63) is 36.0 Å². The minimum Gasteiger partial charge on any atom is -0.497 e. The summed E-state index contributed by atoms with van der Waals surface area (Å²) in [4.78, 5) is 20.5. The molecule has 0 aromatic heterocycles. The van der Waals surface area contributed by atoms with Crippen molar-refractivity contribution in [3.63, 3.8) is 0 Å². The van der Waals surface area contributed by atoms with Crippen LogP contribution in [0.25, 0.3) is 5.70 Å². The number of nitrogens with one attached hydrogen (secondary N) is 1. The highest BCUT2D eigenvalue weighted by Gasteiger charge is 2.20. The summed E-state index contributed by atoms with van der Waals surface area (Å²) in [6, 6.07) is 7.64. The lowest BCUT2D eigenvalue weighted by molar-refractivity contribution is -0.123. The third-order valence-corrected chi connectivity index (χ3v) is 4.29. The van der Waals surface area contributed by atoms with E-state index in [0.717, 1.165) is 24.4 Å². The van der Waals surface area contributed by atoms with Gasteiger partial charge in [0.15, 0.2) is 5.96 Å². The number of amides is 1. The number of guanidine groups is 1. The van der Waals surface area contributed by atoms with Crippen molar-refractivity contribution in [2.45, 2.75) is 19.9 Å². The van der Waals surface area contributed by atoms with E-state index in [1.165, 1.54) is 6.20 Å². The number of nitrogens with zero attached hydrogens (tertiary/aromatic N) is 3. The lowest BCUT2D eigenvalue weighted by Crippen LogP contribution is -2.53. The second-order valence-electron chi connectivity index (χ2n) is 6.74. The first kappa shape index (κ1) is 20.6. The van der Waals surface area contributed by atoms with Gasteiger partial charge in [-0.25, -0.2) is 4.99 Å². The highest BCUT2D eigenvalue weighted by atomic mass is 16.5. The first-order chi connectivity index (χ1) is 12.9.